The van der Waals surface area contributed by atoms with Crippen molar-refractivity contribution in [3.8, 4) is 0 Å². The molecule has 1 atom stereocenters. The molecule has 2 aliphatic rings. The van der Waals surface area contributed by atoms with Crippen LogP contribution in [-0.2, 0) is 29.8 Å². The minimum atomic E-state index is -0.527. The normalized spacial score (nSPS) is 23.7. The SMILES string of the molecule is CN(Cc1nnc2n1CCCC2)C1(c2ccccc2)CCCCC1=O. The number of benzene rings is 1. The second kappa shape index (κ2) is 6.71. The Kier molecular flexibility index (Phi) is 4.42. The quantitative estimate of drug-likeness (QED) is 0.860. The van der Waals surface area contributed by atoms with Crippen LogP contribution in [0.1, 0.15) is 55.7 Å². The van der Waals surface area contributed by atoms with Crippen molar-refractivity contribution < 1.29 is 4.79 Å². The molecule has 1 fully saturated rings. The maximum absolute atomic E-state index is 13.1. The number of Topliss-reactive ketones (excluding diaryl/α,β-unsaturated/α-hetero) is 1. The van der Waals surface area contributed by atoms with E-state index in [0.29, 0.717) is 18.7 Å². The first-order chi connectivity index (χ1) is 12.2. The highest BCUT2D eigenvalue weighted by molar-refractivity contribution is 5.90. The highest BCUT2D eigenvalue weighted by Crippen LogP contribution is 2.39. The average Bonchev–Trinajstić information content (AvgIpc) is 3.06. The van der Waals surface area contributed by atoms with Crippen LogP contribution in [0.3, 0.4) is 0 Å². The van der Waals surface area contributed by atoms with E-state index in [2.05, 4.69) is 38.8 Å². The first kappa shape index (κ1) is 16.5. The molecule has 25 heavy (non-hydrogen) atoms. The number of fused-ring (bicyclic) bond motifs is 1. The molecule has 0 amide bonds. The number of ketones is 1. The maximum atomic E-state index is 13.1. The molecule has 5 heteroatoms. The first-order valence-corrected chi connectivity index (χ1v) is 9.43. The molecule has 0 spiro atoms. The Morgan fingerprint density at radius 3 is 2.68 bits per heavy atom. The number of aryl methyl sites for hydroxylation is 1. The van der Waals surface area contributed by atoms with Gasteiger partial charge in [0.2, 0.25) is 0 Å². The van der Waals surface area contributed by atoms with E-state index in [1.807, 2.05) is 18.2 Å². The minimum absolute atomic E-state index is 0.339. The number of hydrogen-bond donors (Lipinski definition) is 0. The molecule has 0 saturated heterocycles. The van der Waals surface area contributed by atoms with Gasteiger partial charge < -0.3 is 4.57 Å². The third-order valence-corrected chi connectivity index (χ3v) is 5.87. The lowest BCUT2D eigenvalue weighted by molar-refractivity contribution is -0.134. The van der Waals surface area contributed by atoms with Gasteiger partial charge in [0.15, 0.2) is 5.78 Å². The van der Waals surface area contributed by atoms with Crippen LogP contribution < -0.4 is 0 Å². The second-order valence-corrected chi connectivity index (χ2v) is 7.35. The Hall–Kier alpha value is -2.01. The summed E-state index contributed by atoms with van der Waals surface area (Å²) in [6.45, 7) is 1.66. The van der Waals surface area contributed by atoms with Gasteiger partial charge in [0.1, 0.15) is 17.2 Å². The predicted octanol–water partition coefficient (Wildman–Crippen LogP) is 3.08. The van der Waals surface area contributed by atoms with Crippen LogP contribution in [0.4, 0.5) is 0 Å². The Balaban J connectivity index is 1.68. The van der Waals surface area contributed by atoms with Crippen LogP contribution in [0, 0.1) is 0 Å². The van der Waals surface area contributed by atoms with Crippen molar-refractivity contribution in [1.29, 1.82) is 0 Å². The topological polar surface area (TPSA) is 51.0 Å². The van der Waals surface area contributed by atoms with Crippen molar-refractivity contribution in [2.75, 3.05) is 7.05 Å². The standard InChI is InChI=1S/C20H26N4O/c1-23(15-19-22-21-18-12-6-8-14-24(18)19)20(13-7-5-11-17(20)25)16-9-3-2-4-10-16/h2-4,9-10H,5-8,11-15H2,1H3. The molecule has 2 heterocycles. The molecule has 0 bridgehead atoms. The summed E-state index contributed by atoms with van der Waals surface area (Å²) in [7, 11) is 2.07. The number of hydrogen-bond acceptors (Lipinski definition) is 4. The van der Waals surface area contributed by atoms with Crippen molar-refractivity contribution in [2.24, 2.45) is 0 Å². The van der Waals surface area contributed by atoms with E-state index in [-0.39, 0.29) is 0 Å². The van der Waals surface area contributed by atoms with Gasteiger partial charge in [-0.2, -0.15) is 0 Å². The molecule has 4 rings (SSSR count). The molecule has 0 radical (unpaired) electrons. The zero-order valence-corrected chi connectivity index (χ0v) is 14.9. The number of aromatic nitrogens is 3. The average molecular weight is 338 g/mol. The molecule has 1 unspecified atom stereocenters. The fraction of sp³-hybridized carbons (Fsp3) is 0.550. The van der Waals surface area contributed by atoms with Crippen molar-refractivity contribution >= 4 is 5.78 Å². The van der Waals surface area contributed by atoms with E-state index in [0.717, 1.165) is 49.4 Å². The van der Waals surface area contributed by atoms with Gasteiger partial charge in [-0.15, -0.1) is 10.2 Å². The van der Waals surface area contributed by atoms with E-state index >= 15 is 0 Å². The van der Waals surface area contributed by atoms with Crippen LogP contribution in [0.25, 0.3) is 0 Å². The molecule has 0 N–H and O–H groups in total. The van der Waals surface area contributed by atoms with Crippen LogP contribution in [0.2, 0.25) is 0 Å². The Morgan fingerprint density at radius 1 is 1.08 bits per heavy atom. The van der Waals surface area contributed by atoms with Crippen LogP contribution in [-0.4, -0.2) is 32.5 Å². The lowest BCUT2D eigenvalue weighted by Crippen LogP contribution is -2.51. The summed E-state index contributed by atoms with van der Waals surface area (Å²) < 4.78 is 2.26. The van der Waals surface area contributed by atoms with Gasteiger partial charge in [-0.25, -0.2) is 0 Å². The number of carbonyl (C=O) groups excluding carboxylic acids is 1. The molecule has 1 aromatic heterocycles. The van der Waals surface area contributed by atoms with Crippen LogP contribution in [0.15, 0.2) is 30.3 Å². The number of rotatable bonds is 4. The fourth-order valence-electron chi connectivity index (χ4n) is 4.49. The van der Waals surface area contributed by atoms with Gasteiger partial charge in [-0.05, 0) is 38.3 Å². The summed E-state index contributed by atoms with van der Waals surface area (Å²) in [6, 6.07) is 10.3. The number of carbonyl (C=O) groups is 1. The van der Waals surface area contributed by atoms with Crippen LogP contribution >= 0.6 is 0 Å². The summed E-state index contributed by atoms with van der Waals surface area (Å²) in [4.78, 5) is 15.3. The predicted molar refractivity (Wildman–Crippen MR) is 96.0 cm³/mol. The molecule has 1 aliphatic carbocycles. The zero-order chi connectivity index (χ0) is 17.3. The van der Waals surface area contributed by atoms with E-state index in [4.69, 9.17) is 0 Å². The van der Waals surface area contributed by atoms with Crippen molar-refractivity contribution in [1.82, 2.24) is 19.7 Å². The fourth-order valence-corrected chi connectivity index (χ4v) is 4.49. The molecule has 1 saturated carbocycles. The molecule has 2 aromatic rings. The Morgan fingerprint density at radius 2 is 1.88 bits per heavy atom. The Bertz CT molecular complexity index is 754. The monoisotopic (exact) mass is 338 g/mol. The van der Waals surface area contributed by atoms with Gasteiger partial charge in [0.25, 0.3) is 0 Å². The third-order valence-electron chi connectivity index (χ3n) is 5.87. The minimum Gasteiger partial charge on any atom is -0.314 e. The summed E-state index contributed by atoms with van der Waals surface area (Å²) in [5, 5.41) is 8.81. The summed E-state index contributed by atoms with van der Waals surface area (Å²) in [6.07, 6.45) is 7.03. The smallest absolute Gasteiger partial charge is 0.157 e. The molecular weight excluding hydrogens is 312 g/mol. The van der Waals surface area contributed by atoms with Gasteiger partial charge in [-0.1, -0.05) is 36.8 Å². The van der Waals surface area contributed by atoms with Crippen molar-refractivity contribution in [3.63, 3.8) is 0 Å². The Labute approximate surface area is 149 Å². The zero-order valence-electron chi connectivity index (χ0n) is 14.9. The number of nitrogens with zero attached hydrogens (tertiary/aromatic N) is 4. The van der Waals surface area contributed by atoms with E-state index in [9.17, 15) is 4.79 Å². The summed E-state index contributed by atoms with van der Waals surface area (Å²) >= 11 is 0. The molecule has 1 aliphatic heterocycles. The van der Waals surface area contributed by atoms with E-state index in [1.165, 1.54) is 12.8 Å². The second-order valence-electron chi connectivity index (χ2n) is 7.35. The largest absolute Gasteiger partial charge is 0.314 e. The third kappa shape index (κ3) is 2.80. The maximum Gasteiger partial charge on any atom is 0.157 e. The van der Waals surface area contributed by atoms with Gasteiger partial charge in [0, 0.05) is 19.4 Å². The highest BCUT2D eigenvalue weighted by Gasteiger charge is 2.45. The molecule has 132 valence electrons. The lowest BCUT2D eigenvalue weighted by atomic mass is 9.74. The highest BCUT2D eigenvalue weighted by atomic mass is 16.1. The number of likely N-dealkylation sites (N-methyl/N-ethyl adjacent to an activating group) is 1. The van der Waals surface area contributed by atoms with Crippen LogP contribution in [0.5, 0.6) is 0 Å². The summed E-state index contributed by atoms with van der Waals surface area (Å²) in [5.74, 6) is 2.43. The van der Waals surface area contributed by atoms with Gasteiger partial charge >= 0.3 is 0 Å². The molecular formula is C20H26N4O. The van der Waals surface area contributed by atoms with E-state index in [1.54, 1.807) is 0 Å². The van der Waals surface area contributed by atoms with Gasteiger partial charge in [-0.3, -0.25) is 9.69 Å². The lowest BCUT2D eigenvalue weighted by Gasteiger charge is -2.43. The molecule has 5 nitrogen and oxygen atoms in total. The van der Waals surface area contributed by atoms with E-state index < -0.39 is 5.54 Å². The van der Waals surface area contributed by atoms with Crippen molar-refractivity contribution in [2.45, 2.75) is 63.6 Å². The van der Waals surface area contributed by atoms with Gasteiger partial charge in [0.05, 0.1) is 6.54 Å². The molecule has 1 aromatic carbocycles. The van der Waals surface area contributed by atoms with Crippen molar-refractivity contribution in [3.05, 3.63) is 47.5 Å². The summed E-state index contributed by atoms with van der Waals surface area (Å²) in [5.41, 5.74) is 0.584. The first-order valence-electron chi connectivity index (χ1n) is 9.43.